The van der Waals surface area contributed by atoms with Crippen molar-refractivity contribution in [1.29, 1.82) is 5.26 Å². The van der Waals surface area contributed by atoms with Gasteiger partial charge in [-0.2, -0.15) is 28.6 Å². The van der Waals surface area contributed by atoms with Crippen LogP contribution >= 0.6 is 11.8 Å². The average molecular weight is 386 g/mol. The Morgan fingerprint density at radius 3 is 2.74 bits per heavy atom. The number of nitrogens with zero attached hydrogens (tertiary/aromatic N) is 5. The number of rotatable bonds is 3. The highest BCUT2D eigenvalue weighted by Crippen LogP contribution is 2.36. The highest BCUT2D eigenvalue weighted by Gasteiger charge is 2.32. The molecule has 4 aromatic rings. The minimum atomic E-state index is -4.53. The Kier molecular flexibility index (Phi) is 4.08. The number of hydrogen-bond donors (Lipinski definition) is 1. The van der Waals surface area contributed by atoms with Crippen LogP contribution in [0.4, 0.5) is 13.2 Å². The van der Waals surface area contributed by atoms with E-state index in [2.05, 4.69) is 26.3 Å². The molecule has 0 aliphatic carbocycles. The van der Waals surface area contributed by atoms with Crippen molar-refractivity contribution >= 4 is 17.3 Å². The molecule has 134 valence electrons. The Morgan fingerprint density at radius 1 is 1.19 bits per heavy atom. The van der Waals surface area contributed by atoms with E-state index >= 15 is 0 Å². The van der Waals surface area contributed by atoms with Crippen LogP contribution in [-0.4, -0.2) is 24.8 Å². The van der Waals surface area contributed by atoms with Crippen molar-refractivity contribution in [2.24, 2.45) is 0 Å². The van der Waals surface area contributed by atoms with Gasteiger partial charge in [0.2, 0.25) is 0 Å². The molecular formula is C17H9F3N6S. The number of halogens is 3. The van der Waals surface area contributed by atoms with Crippen molar-refractivity contribution in [3.05, 3.63) is 60.3 Å². The summed E-state index contributed by atoms with van der Waals surface area (Å²) in [6.45, 7) is 0. The fourth-order valence-corrected chi connectivity index (χ4v) is 3.55. The third-order valence-corrected chi connectivity index (χ3v) is 4.72. The van der Waals surface area contributed by atoms with Gasteiger partial charge in [-0.3, -0.25) is 5.10 Å². The van der Waals surface area contributed by atoms with Crippen LogP contribution in [0.5, 0.6) is 0 Å². The summed E-state index contributed by atoms with van der Waals surface area (Å²) in [5.41, 5.74) is 1.39. The second-order valence-corrected chi connectivity index (χ2v) is 6.57. The predicted octanol–water partition coefficient (Wildman–Crippen LogP) is 4.16. The Balaban J connectivity index is 1.85. The molecule has 4 heterocycles. The zero-order valence-electron chi connectivity index (χ0n) is 13.4. The van der Waals surface area contributed by atoms with E-state index in [9.17, 15) is 18.4 Å². The summed E-state index contributed by atoms with van der Waals surface area (Å²) in [6, 6.07) is 7.53. The number of aromatic nitrogens is 5. The number of hydrogen-bond acceptors (Lipinski definition) is 5. The molecule has 0 fully saturated rings. The lowest BCUT2D eigenvalue weighted by Gasteiger charge is -2.09. The van der Waals surface area contributed by atoms with Crippen molar-refractivity contribution < 1.29 is 13.2 Å². The van der Waals surface area contributed by atoms with Gasteiger partial charge in [0.25, 0.3) is 0 Å². The van der Waals surface area contributed by atoms with Gasteiger partial charge in [-0.15, -0.1) is 0 Å². The minimum absolute atomic E-state index is 0.168. The van der Waals surface area contributed by atoms with Gasteiger partial charge in [0, 0.05) is 28.4 Å². The van der Waals surface area contributed by atoms with Gasteiger partial charge in [0.1, 0.15) is 16.8 Å². The summed E-state index contributed by atoms with van der Waals surface area (Å²) in [5.74, 6) is 0. The first-order valence-electron chi connectivity index (χ1n) is 7.58. The van der Waals surface area contributed by atoms with E-state index in [-0.39, 0.29) is 5.03 Å². The summed E-state index contributed by atoms with van der Waals surface area (Å²) in [7, 11) is 0. The third kappa shape index (κ3) is 3.24. The first-order chi connectivity index (χ1) is 13.0. The van der Waals surface area contributed by atoms with Gasteiger partial charge >= 0.3 is 6.18 Å². The maximum absolute atomic E-state index is 12.9. The number of fused-ring (bicyclic) bond motifs is 1. The number of nitriles is 1. The zero-order valence-corrected chi connectivity index (χ0v) is 14.2. The monoisotopic (exact) mass is 386 g/mol. The predicted molar refractivity (Wildman–Crippen MR) is 90.9 cm³/mol. The topological polar surface area (TPSA) is 82.7 Å². The van der Waals surface area contributed by atoms with Crippen molar-refractivity contribution in [3.8, 4) is 17.2 Å². The molecule has 0 aliphatic rings. The SMILES string of the molecule is N#Cc1cnn2cc(-c3cn[nH]c3)cc(Sc3cccc(C(F)(F)F)n3)c12. The molecular weight excluding hydrogens is 377 g/mol. The second-order valence-electron chi connectivity index (χ2n) is 5.50. The molecule has 4 rings (SSSR count). The summed E-state index contributed by atoms with van der Waals surface area (Å²) in [4.78, 5) is 4.25. The molecule has 0 unspecified atom stereocenters. The fraction of sp³-hybridized carbons (Fsp3) is 0.0588. The highest BCUT2D eigenvalue weighted by molar-refractivity contribution is 7.99. The number of aromatic amines is 1. The van der Waals surface area contributed by atoms with Gasteiger partial charge in [-0.1, -0.05) is 17.8 Å². The first-order valence-corrected chi connectivity index (χ1v) is 8.40. The van der Waals surface area contributed by atoms with Crippen molar-refractivity contribution in [3.63, 3.8) is 0 Å². The van der Waals surface area contributed by atoms with Crippen LogP contribution in [0.2, 0.25) is 0 Å². The summed E-state index contributed by atoms with van der Waals surface area (Å²) in [6.07, 6.45) is 1.92. The molecule has 0 amide bonds. The summed E-state index contributed by atoms with van der Waals surface area (Å²) in [5, 5.41) is 20.3. The molecule has 27 heavy (non-hydrogen) atoms. The van der Waals surface area contributed by atoms with Crippen LogP contribution in [-0.2, 0) is 6.18 Å². The van der Waals surface area contributed by atoms with Crippen LogP contribution in [0.25, 0.3) is 16.6 Å². The Morgan fingerprint density at radius 2 is 2.04 bits per heavy atom. The molecule has 0 aliphatic heterocycles. The summed E-state index contributed by atoms with van der Waals surface area (Å²) >= 11 is 1.04. The molecule has 0 saturated heterocycles. The van der Waals surface area contributed by atoms with Crippen LogP contribution in [0.3, 0.4) is 0 Å². The van der Waals surface area contributed by atoms with Crippen molar-refractivity contribution in [2.75, 3.05) is 0 Å². The van der Waals surface area contributed by atoms with Gasteiger partial charge in [-0.25, -0.2) is 9.50 Å². The Labute approximate surface area is 154 Å². The molecule has 0 aromatic carbocycles. The van der Waals surface area contributed by atoms with E-state index in [1.807, 2.05) is 0 Å². The van der Waals surface area contributed by atoms with E-state index < -0.39 is 11.9 Å². The molecule has 10 heteroatoms. The lowest BCUT2D eigenvalue weighted by atomic mass is 10.1. The minimum Gasteiger partial charge on any atom is -0.285 e. The third-order valence-electron chi connectivity index (χ3n) is 3.76. The van der Waals surface area contributed by atoms with Crippen LogP contribution in [0.1, 0.15) is 11.3 Å². The van der Waals surface area contributed by atoms with E-state index in [0.717, 1.165) is 29.0 Å². The molecule has 0 atom stereocenters. The molecule has 0 saturated carbocycles. The van der Waals surface area contributed by atoms with Crippen molar-refractivity contribution in [1.82, 2.24) is 24.8 Å². The van der Waals surface area contributed by atoms with Gasteiger partial charge < -0.3 is 0 Å². The van der Waals surface area contributed by atoms with E-state index in [1.54, 1.807) is 24.7 Å². The smallest absolute Gasteiger partial charge is 0.285 e. The quantitative estimate of drug-likeness (QED) is 0.572. The van der Waals surface area contributed by atoms with Crippen LogP contribution in [0, 0.1) is 11.3 Å². The number of H-pyrrole nitrogens is 1. The largest absolute Gasteiger partial charge is 0.433 e. The average Bonchev–Trinajstić information content (AvgIpc) is 3.31. The molecule has 0 radical (unpaired) electrons. The maximum Gasteiger partial charge on any atom is 0.433 e. The van der Waals surface area contributed by atoms with Crippen LogP contribution in [0.15, 0.2) is 59.0 Å². The zero-order chi connectivity index (χ0) is 19.0. The van der Waals surface area contributed by atoms with E-state index in [1.165, 1.54) is 22.8 Å². The first kappa shape index (κ1) is 17.1. The second kappa shape index (κ2) is 6.44. The standard InChI is InChI=1S/C17H9F3N6S/c18-17(19,20)14-2-1-3-15(25-14)27-13-4-10(12-6-22-23-7-12)9-26-16(13)11(5-21)8-24-26/h1-4,6-9H,(H,22,23). The molecule has 0 bridgehead atoms. The maximum atomic E-state index is 12.9. The molecule has 4 aromatic heterocycles. The van der Waals surface area contributed by atoms with E-state index in [0.29, 0.717) is 16.0 Å². The van der Waals surface area contributed by atoms with Gasteiger partial charge in [-0.05, 0) is 18.2 Å². The van der Waals surface area contributed by atoms with Gasteiger partial charge in [0.15, 0.2) is 0 Å². The Bertz CT molecular complexity index is 1160. The lowest BCUT2D eigenvalue weighted by molar-refractivity contribution is -0.141. The number of pyridine rings is 2. The molecule has 0 spiro atoms. The van der Waals surface area contributed by atoms with Crippen molar-refractivity contribution in [2.45, 2.75) is 16.1 Å². The van der Waals surface area contributed by atoms with Crippen LogP contribution < -0.4 is 0 Å². The van der Waals surface area contributed by atoms with Gasteiger partial charge in [0.05, 0.1) is 23.5 Å². The highest BCUT2D eigenvalue weighted by atomic mass is 32.2. The Hall–Kier alpha value is -3.32. The number of alkyl halides is 3. The summed E-state index contributed by atoms with van der Waals surface area (Å²) < 4.78 is 40.3. The van der Waals surface area contributed by atoms with E-state index in [4.69, 9.17) is 0 Å². The molecule has 6 nitrogen and oxygen atoms in total. The molecule has 1 N–H and O–H groups in total. The number of nitrogens with one attached hydrogen (secondary N) is 1. The lowest BCUT2D eigenvalue weighted by Crippen LogP contribution is -2.07. The normalized spacial score (nSPS) is 11.6. The fourth-order valence-electron chi connectivity index (χ4n) is 2.55.